The van der Waals surface area contributed by atoms with Gasteiger partial charge in [0.15, 0.2) is 0 Å². The molecule has 1 aromatic rings. The zero-order valence-corrected chi connectivity index (χ0v) is 10.8. The molecule has 0 spiro atoms. The number of β-amino-alcohol motifs (C(OH)–C–C–N with tert-alkyl or cyclic N) is 1. The smallest absolute Gasteiger partial charge is 0.326 e. The number of carbonyl (C=O) groups excluding carboxylic acids is 1. The van der Waals surface area contributed by atoms with Gasteiger partial charge in [0.25, 0.3) is 0 Å². The predicted octanol–water partition coefficient (Wildman–Crippen LogP) is 0.749. The molecule has 0 bridgehead atoms. The number of carboxylic acid groups (broad SMARTS) is 1. The molecular formula is C13H12FN3O4. The van der Waals surface area contributed by atoms with Gasteiger partial charge in [-0.25, -0.2) is 14.0 Å². The summed E-state index contributed by atoms with van der Waals surface area (Å²) in [5.41, 5.74) is 0.00407. The van der Waals surface area contributed by atoms with Gasteiger partial charge >= 0.3 is 12.0 Å². The first kappa shape index (κ1) is 14.7. The van der Waals surface area contributed by atoms with Gasteiger partial charge in [0.2, 0.25) is 0 Å². The van der Waals surface area contributed by atoms with Crippen LogP contribution >= 0.6 is 0 Å². The van der Waals surface area contributed by atoms with E-state index in [0.29, 0.717) is 0 Å². The normalized spacial score (nSPS) is 20.9. The number of nitriles is 1. The van der Waals surface area contributed by atoms with Gasteiger partial charge in [-0.3, -0.25) is 0 Å². The average molecular weight is 293 g/mol. The highest BCUT2D eigenvalue weighted by Gasteiger charge is 2.39. The monoisotopic (exact) mass is 293 g/mol. The van der Waals surface area contributed by atoms with Crippen molar-refractivity contribution in [3.8, 4) is 6.07 Å². The molecule has 1 aromatic carbocycles. The fourth-order valence-electron chi connectivity index (χ4n) is 2.18. The van der Waals surface area contributed by atoms with Gasteiger partial charge in [0, 0.05) is 13.0 Å². The molecule has 1 aliphatic rings. The van der Waals surface area contributed by atoms with Crippen LogP contribution in [0, 0.1) is 17.1 Å². The van der Waals surface area contributed by atoms with Crippen LogP contribution in [0.4, 0.5) is 14.9 Å². The zero-order valence-electron chi connectivity index (χ0n) is 10.8. The van der Waals surface area contributed by atoms with Crippen LogP contribution in [0.2, 0.25) is 0 Å². The van der Waals surface area contributed by atoms with E-state index < -0.39 is 30.0 Å². The summed E-state index contributed by atoms with van der Waals surface area (Å²) in [6.45, 7) is -0.119. The first-order valence-corrected chi connectivity index (χ1v) is 6.10. The van der Waals surface area contributed by atoms with Crippen molar-refractivity contribution in [3.63, 3.8) is 0 Å². The second kappa shape index (κ2) is 5.76. The highest BCUT2D eigenvalue weighted by molar-refractivity contribution is 5.93. The summed E-state index contributed by atoms with van der Waals surface area (Å²) >= 11 is 0. The number of amides is 2. The maximum Gasteiger partial charge on any atom is 0.326 e. The number of aliphatic carboxylic acids is 1. The Balaban J connectivity index is 2.18. The molecule has 7 nitrogen and oxygen atoms in total. The zero-order chi connectivity index (χ0) is 15.6. The van der Waals surface area contributed by atoms with E-state index in [1.54, 1.807) is 6.07 Å². The molecule has 2 amide bonds. The molecule has 8 heteroatoms. The van der Waals surface area contributed by atoms with Crippen molar-refractivity contribution in [3.05, 3.63) is 29.6 Å². The van der Waals surface area contributed by atoms with Gasteiger partial charge in [0.1, 0.15) is 17.9 Å². The minimum atomic E-state index is -1.22. The molecular weight excluding hydrogens is 281 g/mol. The molecule has 1 unspecified atom stereocenters. The first-order chi connectivity index (χ1) is 9.92. The molecule has 0 aromatic heterocycles. The van der Waals surface area contributed by atoms with Crippen LogP contribution in [0.5, 0.6) is 0 Å². The number of halogens is 1. The Kier molecular flexibility index (Phi) is 4.05. The lowest BCUT2D eigenvalue weighted by Crippen LogP contribution is -2.43. The molecule has 21 heavy (non-hydrogen) atoms. The van der Waals surface area contributed by atoms with Crippen molar-refractivity contribution >= 4 is 17.7 Å². The van der Waals surface area contributed by atoms with E-state index in [1.165, 1.54) is 6.07 Å². The van der Waals surface area contributed by atoms with Gasteiger partial charge < -0.3 is 20.4 Å². The lowest BCUT2D eigenvalue weighted by atomic mass is 10.2. The van der Waals surface area contributed by atoms with E-state index in [1.807, 2.05) is 0 Å². The molecule has 1 aliphatic heterocycles. The largest absolute Gasteiger partial charge is 0.480 e. The SMILES string of the molecule is N#Cc1cc(F)ccc1NC(=O)N1CC(O)C[C@H]1C(=O)O. The molecule has 0 radical (unpaired) electrons. The Hall–Kier alpha value is -2.66. The van der Waals surface area contributed by atoms with Crippen LogP contribution in [-0.2, 0) is 4.79 Å². The molecule has 1 heterocycles. The Bertz CT molecular complexity index is 628. The van der Waals surface area contributed by atoms with Crippen molar-refractivity contribution in [2.24, 2.45) is 0 Å². The Morgan fingerprint density at radius 3 is 2.81 bits per heavy atom. The maximum atomic E-state index is 13.0. The van der Waals surface area contributed by atoms with Crippen LogP contribution < -0.4 is 5.32 Å². The number of aliphatic hydroxyl groups excluding tert-OH is 1. The summed E-state index contributed by atoms with van der Waals surface area (Å²) in [5, 5.41) is 29.8. The number of carboxylic acids is 1. The van der Waals surface area contributed by atoms with Crippen molar-refractivity contribution < 1.29 is 24.2 Å². The molecule has 110 valence electrons. The van der Waals surface area contributed by atoms with Gasteiger partial charge in [-0.15, -0.1) is 0 Å². The minimum Gasteiger partial charge on any atom is -0.480 e. The second-order valence-electron chi connectivity index (χ2n) is 4.63. The summed E-state index contributed by atoms with van der Waals surface area (Å²) in [6.07, 6.45) is -0.974. The van der Waals surface area contributed by atoms with Crippen molar-refractivity contribution in [1.29, 1.82) is 5.26 Å². The number of hydrogen-bond donors (Lipinski definition) is 3. The maximum absolute atomic E-state index is 13.0. The van der Waals surface area contributed by atoms with Crippen molar-refractivity contribution in [1.82, 2.24) is 4.90 Å². The van der Waals surface area contributed by atoms with Crippen LogP contribution in [-0.4, -0.2) is 45.8 Å². The van der Waals surface area contributed by atoms with Crippen molar-refractivity contribution in [2.45, 2.75) is 18.6 Å². The Morgan fingerprint density at radius 2 is 2.19 bits per heavy atom. The van der Waals surface area contributed by atoms with Gasteiger partial charge in [-0.2, -0.15) is 5.26 Å². The van der Waals surface area contributed by atoms with Crippen LogP contribution in [0.1, 0.15) is 12.0 Å². The van der Waals surface area contributed by atoms with E-state index in [9.17, 15) is 19.1 Å². The highest BCUT2D eigenvalue weighted by atomic mass is 19.1. The van der Waals surface area contributed by atoms with Crippen LogP contribution in [0.25, 0.3) is 0 Å². The average Bonchev–Trinajstić information content (AvgIpc) is 2.83. The van der Waals surface area contributed by atoms with E-state index >= 15 is 0 Å². The molecule has 2 rings (SSSR count). The molecule has 3 N–H and O–H groups in total. The highest BCUT2D eigenvalue weighted by Crippen LogP contribution is 2.21. The van der Waals surface area contributed by atoms with Gasteiger partial charge in [-0.1, -0.05) is 0 Å². The van der Waals surface area contributed by atoms with E-state index in [4.69, 9.17) is 10.4 Å². The number of aliphatic hydroxyl groups is 1. The third kappa shape index (κ3) is 3.09. The number of hydrogen-bond acceptors (Lipinski definition) is 4. The van der Waals surface area contributed by atoms with E-state index in [0.717, 1.165) is 17.0 Å². The summed E-state index contributed by atoms with van der Waals surface area (Å²) in [4.78, 5) is 24.1. The minimum absolute atomic E-state index is 0.0583. The topological polar surface area (TPSA) is 114 Å². The second-order valence-corrected chi connectivity index (χ2v) is 4.63. The first-order valence-electron chi connectivity index (χ1n) is 6.10. The summed E-state index contributed by atoms with van der Waals surface area (Å²) in [5.74, 6) is -1.84. The fourth-order valence-corrected chi connectivity index (χ4v) is 2.18. The lowest BCUT2D eigenvalue weighted by Gasteiger charge is -2.21. The standard InChI is InChI=1S/C13H12FN3O4/c14-8-1-2-10(7(3-8)5-15)16-13(21)17-6-9(18)4-11(17)12(19)20/h1-3,9,11,18H,4,6H2,(H,16,21)(H,19,20)/t9?,11-/m0/s1. The number of rotatable bonds is 2. The number of nitrogens with one attached hydrogen (secondary N) is 1. The summed E-state index contributed by atoms with van der Waals surface area (Å²) in [7, 11) is 0. The van der Waals surface area contributed by atoms with Crippen LogP contribution in [0.3, 0.4) is 0 Å². The van der Waals surface area contributed by atoms with Gasteiger partial charge in [-0.05, 0) is 18.2 Å². The summed E-state index contributed by atoms with van der Waals surface area (Å²) in [6, 6.07) is 3.09. The van der Waals surface area contributed by atoms with Crippen LogP contribution in [0.15, 0.2) is 18.2 Å². The predicted molar refractivity (Wildman–Crippen MR) is 68.9 cm³/mol. The fraction of sp³-hybridized carbons (Fsp3) is 0.308. The molecule has 1 fully saturated rings. The number of urea groups is 1. The number of carbonyl (C=O) groups is 2. The Morgan fingerprint density at radius 1 is 1.48 bits per heavy atom. The quantitative estimate of drug-likeness (QED) is 0.744. The van der Waals surface area contributed by atoms with E-state index in [2.05, 4.69) is 5.32 Å². The van der Waals surface area contributed by atoms with E-state index in [-0.39, 0.29) is 24.2 Å². The number of benzene rings is 1. The molecule has 0 saturated carbocycles. The Labute approximate surface area is 119 Å². The van der Waals surface area contributed by atoms with Crippen molar-refractivity contribution in [2.75, 3.05) is 11.9 Å². The van der Waals surface area contributed by atoms with Gasteiger partial charge in [0.05, 0.1) is 17.4 Å². The number of anilines is 1. The number of nitrogens with zero attached hydrogens (tertiary/aromatic N) is 2. The lowest BCUT2D eigenvalue weighted by molar-refractivity contribution is -0.141. The molecule has 2 atom stereocenters. The summed E-state index contributed by atoms with van der Waals surface area (Å²) < 4.78 is 13.0. The molecule has 0 aliphatic carbocycles. The molecule has 1 saturated heterocycles. The third-order valence-corrected chi connectivity index (χ3v) is 3.17. The number of likely N-dealkylation sites (tertiary alicyclic amines) is 1. The third-order valence-electron chi connectivity index (χ3n) is 3.17.